The lowest BCUT2D eigenvalue weighted by molar-refractivity contribution is 0.0951. The zero-order chi connectivity index (χ0) is 16.8. The predicted octanol–water partition coefficient (Wildman–Crippen LogP) is 2.25. The van der Waals surface area contributed by atoms with Crippen LogP contribution < -0.4 is 10.6 Å². The van der Waals surface area contributed by atoms with E-state index in [4.69, 9.17) is 0 Å². The third-order valence-electron chi connectivity index (χ3n) is 3.35. The minimum absolute atomic E-state index is 0.0355. The fourth-order valence-electron chi connectivity index (χ4n) is 2.15. The molecule has 0 bridgehead atoms. The van der Waals surface area contributed by atoms with Crippen LogP contribution in [0.5, 0.6) is 0 Å². The SMILES string of the molecule is O=C(NCCNc1ccc(-n2cccc2)nn1)c1ccccc1F. The van der Waals surface area contributed by atoms with Gasteiger partial charge in [-0.1, -0.05) is 12.1 Å². The molecule has 0 radical (unpaired) electrons. The minimum atomic E-state index is -0.533. The van der Waals surface area contributed by atoms with Gasteiger partial charge >= 0.3 is 0 Å². The Hall–Kier alpha value is -3.22. The van der Waals surface area contributed by atoms with Crippen LogP contribution in [0.25, 0.3) is 5.82 Å². The van der Waals surface area contributed by atoms with Crippen molar-refractivity contribution in [3.8, 4) is 5.82 Å². The van der Waals surface area contributed by atoms with Crippen LogP contribution in [-0.4, -0.2) is 33.8 Å². The molecule has 0 saturated carbocycles. The molecule has 0 spiro atoms. The van der Waals surface area contributed by atoms with Crippen molar-refractivity contribution in [2.24, 2.45) is 0 Å². The Balaban J connectivity index is 1.47. The van der Waals surface area contributed by atoms with Gasteiger partial charge in [-0.2, -0.15) is 0 Å². The maximum absolute atomic E-state index is 13.5. The molecule has 3 aromatic rings. The summed E-state index contributed by atoms with van der Waals surface area (Å²) in [5.74, 6) is 0.350. The Morgan fingerprint density at radius 2 is 1.79 bits per heavy atom. The van der Waals surface area contributed by atoms with Gasteiger partial charge in [0.25, 0.3) is 5.91 Å². The Morgan fingerprint density at radius 3 is 2.50 bits per heavy atom. The Bertz CT molecular complexity index is 802. The highest BCUT2D eigenvalue weighted by molar-refractivity contribution is 5.94. The van der Waals surface area contributed by atoms with E-state index in [0.717, 1.165) is 5.82 Å². The van der Waals surface area contributed by atoms with Crippen molar-refractivity contribution >= 4 is 11.7 Å². The zero-order valence-corrected chi connectivity index (χ0v) is 12.8. The monoisotopic (exact) mass is 325 g/mol. The van der Waals surface area contributed by atoms with Crippen LogP contribution in [0.15, 0.2) is 60.9 Å². The molecule has 2 heterocycles. The van der Waals surface area contributed by atoms with Gasteiger partial charge in [0.05, 0.1) is 5.56 Å². The third kappa shape index (κ3) is 3.75. The van der Waals surface area contributed by atoms with E-state index in [2.05, 4.69) is 20.8 Å². The number of hydrogen-bond donors (Lipinski definition) is 2. The molecule has 7 heteroatoms. The first-order valence-corrected chi connectivity index (χ1v) is 7.48. The summed E-state index contributed by atoms with van der Waals surface area (Å²) in [6.45, 7) is 0.798. The standard InChI is InChI=1S/C17H16FN5O/c18-14-6-2-1-5-13(14)17(24)20-10-9-19-15-7-8-16(22-21-15)23-11-3-4-12-23/h1-8,11-12H,9-10H2,(H,19,21)(H,20,24). The maximum Gasteiger partial charge on any atom is 0.254 e. The molecule has 6 nitrogen and oxygen atoms in total. The van der Waals surface area contributed by atoms with E-state index in [-0.39, 0.29) is 5.56 Å². The van der Waals surface area contributed by atoms with Gasteiger partial charge in [-0.25, -0.2) is 4.39 Å². The van der Waals surface area contributed by atoms with Gasteiger partial charge in [0.2, 0.25) is 0 Å². The molecular weight excluding hydrogens is 309 g/mol. The van der Waals surface area contributed by atoms with Crippen molar-refractivity contribution < 1.29 is 9.18 Å². The second kappa shape index (κ2) is 7.36. The van der Waals surface area contributed by atoms with Crippen LogP contribution in [0.4, 0.5) is 10.2 Å². The number of nitrogens with one attached hydrogen (secondary N) is 2. The molecule has 122 valence electrons. The first-order valence-electron chi connectivity index (χ1n) is 7.48. The van der Waals surface area contributed by atoms with Gasteiger partial charge < -0.3 is 15.2 Å². The van der Waals surface area contributed by atoms with Gasteiger partial charge in [0, 0.05) is 25.5 Å². The fraction of sp³-hybridized carbons (Fsp3) is 0.118. The summed E-state index contributed by atoms with van der Waals surface area (Å²) in [5.41, 5.74) is 0.0355. The molecule has 0 aliphatic heterocycles. The summed E-state index contributed by atoms with van der Waals surface area (Å²) in [6.07, 6.45) is 3.77. The maximum atomic E-state index is 13.5. The molecular formula is C17H16FN5O. The summed E-state index contributed by atoms with van der Waals surface area (Å²) in [4.78, 5) is 11.8. The van der Waals surface area contributed by atoms with Crippen LogP contribution in [0.1, 0.15) is 10.4 Å². The number of aromatic nitrogens is 3. The van der Waals surface area contributed by atoms with Gasteiger partial charge in [0.15, 0.2) is 5.82 Å². The van der Waals surface area contributed by atoms with Gasteiger partial charge in [-0.15, -0.1) is 10.2 Å². The van der Waals surface area contributed by atoms with Crippen LogP contribution in [0.3, 0.4) is 0 Å². The van der Waals surface area contributed by atoms with E-state index in [1.54, 1.807) is 18.2 Å². The van der Waals surface area contributed by atoms with Crippen molar-refractivity contribution in [1.29, 1.82) is 0 Å². The highest BCUT2D eigenvalue weighted by Crippen LogP contribution is 2.07. The van der Waals surface area contributed by atoms with Crippen LogP contribution in [0, 0.1) is 5.82 Å². The number of anilines is 1. The second-order valence-corrected chi connectivity index (χ2v) is 5.03. The van der Waals surface area contributed by atoms with Crippen LogP contribution in [-0.2, 0) is 0 Å². The van der Waals surface area contributed by atoms with Crippen LogP contribution in [0.2, 0.25) is 0 Å². The molecule has 1 amide bonds. The highest BCUT2D eigenvalue weighted by atomic mass is 19.1. The summed E-state index contributed by atoms with van der Waals surface area (Å²) in [5, 5.41) is 13.9. The molecule has 0 saturated heterocycles. The van der Waals surface area contributed by atoms with Crippen molar-refractivity contribution in [2.45, 2.75) is 0 Å². The largest absolute Gasteiger partial charge is 0.367 e. The van der Waals surface area contributed by atoms with E-state index in [1.165, 1.54) is 12.1 Å². The Kier molecular flexibility index (Phi) is 4.81. The van der Waals surface area contributed by atoms with E-state index in [1.807, 2.05) is 35.2 Å². The predicted molar refractivity (Wildman–Crippen MR) is 88.6 cm³/mol. The Labute approximate surface area is 138 Å². The molecule has 0 fully saturated rings. The average molecular weight is 325 g/mol. The number of rotatable bonds is 6. The molecule has 24 heavy (non-hydrogen) atoms. The smallest absolute Gasteiger partial charge is 0.254 e. The van der Waals surface area contributed by atoms with E-state index in [9.17, 15) is 9.18 Å². The molecule has 0 aliphatic carbocycles. The molecule has 2 aromatic heterocycles. The quantitative estimate of drug-likeness (QED) is 0.682. The lowest BCUT2D eigenvalue weighted by atomic mass is 10.2. The number of carbonyl (C=O) groups excluding carboxylic acids is 1. The van der Waals surface area contributed by atoms with Gasteiger partial charge in [-0.05, 0) is 36.4 Å². The first kappa shape index (κ1) is 15.7. The summed E-state index contributed by atoms with van der Waals surface area (Å²) in [6, 6.07) is 13.3. The zero-order valence-electron chi connectivity index (χ0n) is 12.8. The molecule has 0 aliphatic rings. The topological polar surface area (TPSA) is 71.8 Å². The second-order valence-electron chi connectivity index (χ2n) is 5.03. The molecule has 3 rings (SSSR count). The number of halogens is 1. The summed E-state index contributed by atoms with van der Waals surface area (Å²) in [7, 11) is 0. The number of amides is 1. The molecule has 0 unspecified atom stereocenters. The van der Waals surface area contributed by atoms with Crippen molar-refractivity contribution in [3.05, 3.63) is 72.3 Å². The Morgan fingerprint density at radius 1 is 1.00 bits per heavy atom. The van der Waals surface area contributed by atoms with E-state index >= 15 is 0 Å². The van der Waals surface area contributed by atoms with Gasteiger partial charge in [0.1, 0.15) is 11.6 Å². The normalized spacial score (nSPS) is 10.4. The summed E-state index contributed by atoms with van der Waals surface area (Å²) < 4.78 is 15.3. The van der Waals surface area contributed by atoms with Crippen molar-refractivity contribution in [3.63, 3.8) is 0 Å². The molecule has 2 N–H and O–H groups in total. The van der Waals surface area contributed by atoms with Crippen molar-refractivity contribution in [2.75, 3.05) is 18.4 Å². The van der Waals surface area contributed by atoms with E-state index in [0.29, 0.717) is 18.9 Å². The number of carbonyl (C=O) groups is 1. The summed E-state index contributed by atoms with van der Waals surface area (Å²) >= 11 is 0. The van der Waals surface area contributed by atoms with Gasteiger partial charge in [-0.3, -0.25) is 4.79 Å². The lowest BCUT2D eigenvalue weighted by Gasteiger charge is -2.08. The number of nitrogens with zero attached hydrogens (tertiary/aromatic N) is 3. The highest BCUT2D eigenvalue weighted by Gasteiger charge is 2.09. The number of hydrogen-bond acceptors (Lipinski definition) is 4. The fourth-order valence-corrected chi connectivity index (χ4v) is 2.15. The lowest BCUT2D eigenvalue weighted by Crippen LogP contribution is -2.29. The minimum Gasteiger partial charge on any atom is -0.367 e. The van der Waals surface area contributed by atoms with E-state index < -0.39 is 11.7 Å². The molecule has 1 aromatic carbocycles. The first-order chi connectivity index (χ1) is 11.7. The third-order valence-corrected chi connectivity index (χ3v) is 3.35. The van der Waals surface area contributed by atoms with Crippen molar-refractivity contribution in [1.82, 2.24) is 20.1 Å². The van der Waals surface area contributed by atoms with Crippen LogP contribution >= 0.6 is 0 Å². The number of benzene rings is 1. The molecule has 0 atom stereocenters. The average Bonchev–Trinajstić information content (AvgIpc) is 3.14.